The minimum atomic E-state index is -0.873. The molecule has 3 N–H and O–H groups in total. The Balaban J connectivity index is 2.90. The van der Waals surface area contributed by atoms with E-state index in [0.29, 0.717) is 0 Å². The highest BCUT2D eigenvalue weighted by atomic mass is 79.9. The van der Waals surface area contributed by atoms with Crippen molar-refractivity contribution < 1.29 is 9.90 Å². The summed E-state index contributed by atoms with van der Waals surface area (Å²) >= 11 is 3.34. The van der Waals surface area contributed by atoms with Crippen molar-refractivity contribution in [2.45, 2.75) is 6.04 Å². The van der Waals surface area contributed by atoms with E-state index in [-0.39, 0.29) is 12.5 Å². The zero-order valence-electron chi connectivity index (χ0n) is 8.35. The Morgan fingerprint density at radius 1 is 1.60 bits per heavy atom. The molecule has 1 aromatic rings. The fourth-order valence-electron chi connectivity index (χ4n) is 1.17. The van der Waals surface area contributed by atoms with E-state index in [9.17, 15) is 4.79 Å². The van der Waals surface area contributed by atoms with Crippen molar-refractivity contribution in [3.63, 3.8) is 0 Å². The number of aliphatic hydroxyl groups is 1. The van der Waals surface area contributed by atoms with Gasteiger partial charge in [0.1, 0.15) is 6.04 Å². The van der Waals surface area contributed by atoms with Gasteiger partial charge in [-0.05, 0) is 28.1 Å². The number of carbonyl (C=O) groups is 1. The number of benzene rings is 1. The Morgan fingerprint density at radius 2 is 2.20 bits per heavy atom. The van der Waals surface area contributed by atoms with Gasteiger partial charge in [0.25, 0.3) is 0 Å². The summed E-state index contributed by atoms with van der Waals surface area (Å²) in [6.07, 6.45) is 0. The number of rotatable bonds is 3. The first-order valence-corrected chi connectivity index (χ1v) is 5.25. The van der Waals surface area contributed by atoms with Crippen LogP contribution in [0.5, 0.6) is 0 Å². The van der Waals surface area contributed by atoms with Crippen LogP contribution in [0.1, 0.15) is 0 Å². The minimum absolute atomic E-state index is 0.315. The standard InChI is InChI=1S/C10H13BrN2O2/c1-13(10(15)8(12)6-14)9-5-3-2-4-7(9)11/h2-5,8,14H,6,12H2,1H3. The quantitative estimate of drug-likeness (QED) is 0.853. The van der Waals surface area contributed by atoms with Gasteiger partial charge in [-0.2, -0.15) is 0 Å². The van der Waals surface area contributed by atoms with Crippen LogP contribution in [0.4, 0.5) is 5.69 Å². The maximum absolute atomic E-state index is 11.6. The van der Waals surface area contributed by atoms with Crippen molar-refractivity contribution in [1.82, 2.24) is 0 Å². The molecule has 0 aromatic heterocycles. The van der Waals surface area contributed by atoms with Gasteiger partial charge in [-0.1, -0.05) is 12.1 Å². The van der Waals surface area contributed by atoms with Crippen molar-refractivity contribution >= 4 is 27.5 Å². The minimum Gasteiger partial charge on any atom is -0.394 e. The molecule has 0 saturated heterocycles. The number of para-hydroxylation sites is 1. The highest BCUT2D eigenvalue weighted by Crippen LogP contribution is 2.24. The third kappa shape index (κ3) is 2.77. The summed E-state index contributed by atoms with van der Waals surface area (Å²) < 4.78 is 0.811. The monoisotopic (exact) mass is 272 g/mol. The lowest BCUT2D eigenvalue weighted by Crippen LogP contribution is -2.44. The lowest BCUT2D eigenvalue weighted by molar-refractivity contribution is -0.120. The van der Waals surface area contributed by atoms with Gasteiger partial charge in [0.15, 0.2) is 0 Å². The lowest BCUT2D eigenvalue weighted by atomic mass is 10.2. The number of amides is 1. The van der Waals surface area contributed by atoms with Crippen LogP contribution < -0.4 is 10.6 Å². The fourth-order valence-corrected chi connectivity index (χ4v) is 1.72. The number of anilines is 1. The van der Waals surface area contributed by atoms with E-state index in [1.54, 1.807) is 13.1 Å². The first kappa shape index (κ1) is 12.2. The number of aliphatic hydroxyl groups excluding tert-OH is 1. The molecule has 0 saturated carbocycles. The summed E-state index contributed by atoms with van der Waals surface area (Å²) in [6.45, 7) is -0.354. The largest absolute Gasteiger partial charge is 0.394 e. The molecule has 1 atom stereocenters. The van der Waals surface area contributed by atoms with E-state index in [0.717, 1.165) is 10.2 Å². The summed E-state index contributed by atoms with van der Waals surface area (Å²) in [5.41, 5.74) is 6.18. The molecule has 1 aromatic carbocycles. The predicted octanol–water partition coefficient (Wildman–Crippen LogP) is 0.732. The first-order chi connectivity index (χ1) is 7.07. The summed E-state index contributed by atoms with van der Waals surface area (Å²) in [7, 11) is 1.62. The summed E-state index contributed by atoms with van der Waals surface area (Å²) in [5.74, 6) is -0.315. The summed E-state index contributed by atoms with van der Waals surface area (Å²) in [4.78, 5) is 13.1. The molecule has 0 spiro atoms. The Labute approximate surface area is 96.8 Å². The average Bonchev–Trinajstić information content (AvgIpc) is 2.26. The SMILES string of the molecule is CN(C(=O)C(N)CO)c1ccccc1Br. The number of hydrogen-bond acceptors (Lipinski definition) is 3. The molecule has 15 heavy (non-hydrogen) atoms. The molecule has 82 valence electrons. The lowest BCUT2D eigenvalue weighted by Gasteiger charge is -2.21. The maximum Gasteiger partial charge on any atom is 0.246 e. The van der Waals surface area contributed by atoms with Gasteiger partial charge in [-0.15, -0.1) is 0 Å². The van der Waals surface area contributed by atoms with Crippen molar-refractivity contribution in [3.8, 4) is 0 Å². The van der Waals surface area contributed by atoms with E-state index < -0.39 is 6.04 Å². The van der Waals surface area contributed by atoms with Gasteiger partial charge in [0.05, 0.1) is 12.3 Å². The van der Waals surface area contributed by atoms with Gasteiger partial charge in [0, 0.05) is 11.5 Å². The van der Waals surface area contributed by atoms with E-state index in [1.165, 1.54) is 4.90 Å². The zero-order valence-corrected chi connectivity index (χ0v) is 9.94. The molecule has 0 bridgehead atoms. The average molecular weight is 273 g/mol. The Morgan fingerprint density at radius 3 is 2.73 bits per heavy atom. The van der Waals surface area contributed by atoms with Crippen molar-refractivity contribution in [2.75, 3.05) is 18.6 Å². The number of nitrogens with two attached hydrogens (primary N) is 1. The second-order valence-corrected chi connectivity index (χ2v) is 3.99. The molecular formula is C10H13BrN2O2. The number of hydrogen-bond donors (Lipinski definition) is 2. The molecule has 0 fully saturated rings. The molecule has 1 unspecified atom stereocenters. The van der Waals surface area contributed by atoms with Crippen LogP contribution in [-0.4, -0.2) is 30.7 Å². The number of nitrogens with zero attached hydrogens (tertiary/aromatic N) is 1. The van der Waals surface area contributed by atoms with Gasteiger partial charge < -0.3 is 15.7 Å². The van der Waals surface area contributed by atoms with Crippen molar-refractivity contribution in [1.29, 1.82) is 0 Å². The van der Waals surface area contributed by atoms with Crippen LogP contribution >= 0.6 is 15.9 Å². The highest BCUT2D eigenvalue weighted by molar-refractivity contribution is 9.10. The van der Waals surface area contributed by atoms with Crippen LogP contribution in [0.15, 0.2) is 28.7 Å². The van der Waals surface area contributed by atoms with Crippen LogP contribution in [0.3, 0.4) is 0 Å². The van der Waals surface area contributed by atoms with Gasteiger partial charge >= 0.3 is 0 Å². The zero-order chi connectivity index (χ0) is 11.4. The number of likely N-dealkylation sites (N-methyl/N-ethyl adjacent to an activating group) is 1. The molecule has 0 aliphatic rings. The summed E-state index contributed by atoms with van der Waals surface area (Å²) in [6, 6.07) is 6.45. The van der Waals surface area contributed by atoms with E-state index in [4.69, 9.17) is 10.8 Å². The second kappa shape index (κ2) is 5.25. The molecule has 0 aliphatic carbocycles. The maximum atomic E-state index is 11.6. The molecule has 0 radical (unpaired) electrons. The summed E-state index contributed by atoms with van der Waals surface area (Å²) in [5, 5.41) is 8.79. The molecule has 4 nitrogen and oxygen atoms in total. The molecule has 1 rings (SSSR count). The third-order valence-electron chi connectivity index (χ3n) is 2.06. The Bertz CT molecular complexity index is 357. The number of halogens is 1. The molecular weight excluding hydrogens is 260 g/mol. The van der Waals surface area contributed by atoms with Gasteiger partial charge in [0.2, 0.25) is 5.91 Å². The normalized spacial score (nSPS) is 12.3. The third-order valence-corrected chi connectivity index (χ3v) is 2.73. The van der Waals surface area contributed by atoms with Crippen molar-refractivity contribution in [2.24, 2.45) is 5.73 Å². The van der Waals surface area contributed by atoms with Gasteiger partial charge in [-0.25, -0.2) is 0 Å². The van der Waals surface area contributed by atoms with E-state index in [2.05, 4.69) is 15.9 Å². The first-order valence-electron chi connectivity index (χ1n) is 4.46. The van der Waals surface area contributed by atoms with E-state index in [1.807, 2.05) is 18.2 Å². The molecule has 1 amide bonds. The van der Waals surface area contributed by atoms with Gasteiger partial charge in [-0.3, -0.25) is 4.79 Å². The van der Waals surface area contributed by atoms with Crippen molar-refractivity contribution in [3.05, 3.63) is 28.7 Å². The molecule has 0 aliphatic heterocycles. The Kier molecular flexibility index (Phi) is 4.26. The predicted molar refractivity (Wildman–Crippen MR) is 62.6 cm³/mol. The topological polar surface area (TPSA) is 66.6 Å². The fraction of sp³-hybridized carbons (Fsp3) is 0.300. The van der Waals surface area contributed by atoms with Crippen LogP contribution in [0.2, 0.25) is 0 Å². The molecule has 0 heterocycles. The Hall–Kier alpha value is -0.910. The second-order valence-electron chi connectivity index (χ2n) is 3.14. The smallest absolute Gasteiger partial charge is 0.246 e. The van der Waals surface area contributed by atoms with Crippen LogP contribution in [-0.2, 0) is 4.79 Å². The highest BCUT2D eigenvalue weighted by Gasteiger charge is 2.19. The van der Waals surface area contributed by atoms with Crippen LogP contribution in [0.25, 0.3) is 0 Å². The van der Waals surface area contributed by atoms with E-state index >= 15 is 0 Å². The number of carbonyl (C=O) groups excluding carboxylic acids is 1. The van der Waals surface area contributed by atoms with Crippen LogP contribution in [0, 0.1) is 0 Å². The molecule has 5 heteroatoms.